The summed E-state index contributed by atoms with van der Waals surface area (Å²) in [5.41, 5.74) is 0.532. The lowest BCUT2D eigenvalue weighted by molar-refractivity contribution is 0.0696. The smallest absolute Gasteiger partial charge is 0.335 e. The number of nitrogens with zero attached hydrogens (tertiary/aromatic N) is 1. The molecule has 2 aromatic rings. The Kier molecular flexibility index (Phi) is 4.89. The van der Waals surface area contributed by atoms with Crippen molar-refractivity contribution in [1.82, 2.24) is 4.90 Å². The van der Waals surface area contributed by atoms with E-state index in [-0.39, 0.29) is 27.6 Å². The quantitative estimate of drug-likeness (QED) is 0.859. The molecular weight excluding hydrogens is 332 g/mol. The van der Waals surface area contributed by atoms with E-state index < -0.39 is 16.0 Å². The van der Waals surface area contributed by atoms with Crippen LogP contribution in [0.4, 0.5) is 5.69 Å². The standard InChI is InChI=1S/C16H16N2O5S/c1-18(2)15(19)12-4-3-5-14(10-12)24(22,23)17-13-8-6-11(7-9-13)16(20)21/h3-10,17H,1-2H3,(H,20,21). The molecule has 0 aromatic heterocycles. The summed E-state index contributed by atoms with van der Waals surface area (Å²) in [5.74, 6) is -1.41. The summed E-state index contributed by atoms with van der Waals surface area (Å²) in [6, 6.07) is 11.0. The third-order valence-electron chi connectivity index (χ3n) is 3.18. The van der Waals surface area contributed by atoms with Gasteiger partial charge in [0.15, 0.2) is 0 Å². The van der Waals surface area contributed by atoms with Gasteiger partial charge in [-0.3, -0.25) is 9.52 Å². The Morgan fingerprint density at radius 3 is 2.17 bits per heavy atom. The van der Waals surface area contributed by atoms with E-state index in [1.807, 2.05) is 0 Å². The zero-order chi connectivity index (χ0) is 17.9. The lowest BCUT2D eigenvalue weighted by Crippen LogP contribution is -2.22. The molecule has 0 spiro atoms. The first-order valence-electron chi connectivity index (χ1n) is 6.88. The van der Waals surface area contributed by atoms with Gasteiger partial charge in [-0.2, -0.15) is 0 Å². The van der Waals surface area contributed by atoms with Crippen LogP contribution in [0.25, 0.3) is 0 Å². The lowest BCUT2D eigenvalue weighted by Gasteiger charge is -2.12. The first-order valence-corrected chi connectivity index (χ1v) is 8.37. The molecule has 2 N–H and O–H groups in total. The zero-order valence-corrected chi connectivity index (χ0v) is 13.9. The maximum absolute atomic E-state index is 12.4. The first-order chi connectivity index (χ1) is 11.2. The Labute approximate surface area is 139 Å². The van der Waals surface area contributed by atoms with Crippen LogP contribution in [0.1, 0.15) is 20.7 Å². The fraction of sp³-hybridized carbons (Fsp3) is 0.125. The number of hydrogen-bond donors (Lipinski definition) is 2. The fourth-order valence-corrected chi connectivity index (χ4v) is 3.05. The van der Waals surface area contributed by atoms with E-state index in [4.69, 9.17) is 5.11 Å². The molecule has 24 heavy (non-hydrogen) atoms. The van der Waals surface area contributed by atoms with E-state index in [0.29, 0.717) is 0 Å². The van der Waals surface area contributed by atoms with Gasteiger partial charge in [-0.1, -0.05) is 6.07 Å². The number of carbonyl (C=O) groups excluding carboxylic acids is 1. The van der Waals surface area contributed by atoms with Gasteiger partial charge >= 0.3 is 5.97 Å². The van der Waals surface area contributed by atoms with Crippen LogP contribution in [0.15, 0.2) is 53.4 Å². The second-order valence-corrected chi connectivity index (χ2v) is 6.90. The van der Waals surface area contributed by atoms with E-state index in [1.165, 1.54) is 53.4 Å². The molecule has 2 rings (SSSR count). The number of aromatic carboxylic acids is 1. The van der Waals surface area contributed by atoms with Crippen molar-refractivity contribution in [3.8, 4) is 0 Å². The van der Waals surface area contributed by atoms with Gasteiger partial charge in [-0.05, 0) is 42.5 Å². The Bertz CT molecular complexity index is 874. The molecule has 1 amide bonds. The number of carboxylic acid groups (broad SMARTS) is 1. The maximum atomic E-state index is 12.4. The van der Waals surface area contributed by atoms with Crippen LogP contribution < -0.4 is 4.72 Å². The van der Waals surface area contributed by atoms with Crippen molar-refractivity contribution in [2.45, 2.75) is 4.90 Å². The predicted molar refractivity (Wildman–Crippen MR) is 88.7 cm³/mol. The molecule has 0 saturated carbocycles. The van der Waals surface area contributed by atoms with Crippen molar-refractivity contribution in [3.05, 3.63) is 59.7 Å². The number of sulfonamides is 1. The van der Waals surface area contributed by atoms with Crippen molar-refractivity contribution in [1.29, 1.82) is 0 Å². The van der Waals surface area contributed by atoms with Gasteiger partial charge < -0.3 is 10.0 Å². The highest BCUT2D eigenvalue weighted by Gasteiger charge is 2.17. The van der Waals surface area contributed by atoms with Crippen LogP contribution in [-0.2, 0) is 10.0 Å². The third-order valence-corrected chi connectivity index (χ3v) is 4.56. The SMILES string of the molecule is CN(C)C(=O)c1cccc(S(=O)(=O)Nc2ccc(C(=O)O)cc2)c1. The molecular formula is C16H16N2O5S. The molecule has 0 aliphatic rings. The molecule has 126 valence electrons. The summed E-state index contributed by atoms with van der Waals surface area (Å²) in [5, 5.41) is 8.84. The van der Waals surface area contributed by atoms with Gasteiger partial charge in [0.05, 0.1) is 10.5 Å². The molecule has 0 aliphatic heterocycles. The number of benzene rings is 2. The maximum Gasteiger partial charge on any atom is 0.335 e. The summed E-state index contributed by atoms with van der Waals surface area (Å²) in [4.78, 5) is 24.0. The van der Waals surface area contributed by atoms with Gasteiger partial charge in [-0.15, -0.1) is 0 Å². The molecule has 0 heterocycles. The van der Waals surface area contributed by atoms with Crippen LogP contribution in [0, 0.1) is 0 Å². The van der Waals surface area contributed by atoms with Crippen molar-refractivity contribution in [2.75, 3.05) is 18.8 Å². The molecule has 0 atom stereocenters. The summed E-state index contributed by atoms with van der Waals surface area (Å²) < 4.78 is 27.2. The molecule has 0 saturated heterocycles. The zero-order valence-electron chi connectivity index (χ0n) is 13.1. The van der Waals surface area contributed by atoms with E-state index in [0.717, 1.165) is 0 Å². The number of carbonyl (C=O) groups is 2. The molecule has 2 aromatic carbocycles. The van der Waals surface area contributed by atoms with Gasteiger partial charge in [0.1, 0.15) is 0 Å². The van der Waals surface area contributed by atoms with Gasteiger partial charge in [0.25, 0.3) is 15.9 Å². The van der Waals surface area contributed by atoms with E-state index >= 15 is 0 Å². The number of carboxylic acids is 1. The topological polar surface area (TPSA) is 104 Å². The lowest BCUT2D eigenvalue weighted by atomic mass is 10.2. The first kappa shape index (κ1) is 17.5. The highest BCUT2D eigenvalue weighted by molar-refractivity contribution is 7.92. The fourth-order valence-electron chi connectivity index (χ4n) is 1.95. The number of hydrogen-bond acceptors (Lipinski definition) is 4. The van der Waals surface area contributed by atoms with Crippen LogP contribution >= 0.6 is 0 Å². The summed E-state index contributed by atoms with van der Waals surface area (Å²) in [7, 11) is -0.746. The van der Waals surface area contributed by atoms with Gasteiger partial charge in [0, 0.05) is 25.3 Å². The Morgan fingerprint density at radius 1 is 1.00 bits per heavy atom. The summed E-state index contributed by atoms with van der Waals surface area (Å²) in [6.45, 7) is 0. The Hall–Kier alpha value is -2.87. The average molecular weight is 348 g/mol. The number of nitrogens with one attached hydrogen (secondary N) is 1. The second-order valence-electron chi connectivity index (χ2n) is 5.22. The second kappa shape index (κ2) is 6.71. The largest absolute Gasteiger partial charge is 0.478 e. The van der Waals surface area contributed by atoms with Crippen LogP contribution in [0.3, 0.4) is 0 Å². The Balaban J connectivity index is 2.29. The number of rotatable bonds is 5. The molecule has 7 nitrogen and oxygen atoms in total. The summed E-state index contributed by atoms with van der Waals surface area (Å²) >= 11 is 0. The molecule has 0 bridgehead atoms. The van der Waals surface area contributed by atoms with Crippen LogP contribution in [0.2, 0.25) is 0 Å². The molecule has 0 aliphatic carbocycles. The summed E-state index contributed by atoms with van der Waals surface area (Å²) in [6.07, 6.45) is 0. The van der Waals surface area contributed by atoms with Crippen molar-refractivity contribution in [3.63, 3.8) is 0 Å². The van der Waals surface area contributed by atoms with E-state index in [2.05, 4.69) is 4.72 Å². The average Bonchev–Trinajstić information content (AvgIpc) is 2.54. The minimum absolute atomic E-state index is 0.0523. The normalized spacial score (nSPS) is 10.9. The molecule has 0 radical (unpaired) electrons. The van der Waals surface area contributed by atoms with E-state index in [1.54, 1.807) is 14.1 Å². The number of anilines is 1. The molecule has 0 unspecified atom stereocenters. The van der Waals surface area contributed by atoms with Crippen LogP contribution in [0.5, 0.6) is 0 Å². The number of amides is 1. The minimum Gasteiger partial charge on any atom is -0.478 e. The third kappa shape index (κ3) is 3.90. The highest BCUT2D eigenvalue weighted by atomic mass is 32.2. The highest BCUT2D eigenvalue weighted by Crippen LogP contribution is 2.18. The van der Waals surface area contributed by atoms with Gasteiger partial charge in [0.2, 0.25) is 0 Å². The van der Waals surface area contributed by atoms with E-state index in [9.17, 15) is 18.0 Å². The monoisotopic (exact) mass is 348 g/mol. The van der Waals surface area contributed by atoms with Crippen LogP contribution in [-0.4, -0.2) is 44.4 Å². The molecule has 8 heteroatoms. The van der Waals surface area contributed by atoms with Crippen molar-refractivity contribution < 1.29 is 23.1 Å². The Morgan fingerprint density at radius 2 is 1.62 bits per heavy atom. The van der Waals surface area contributed by atoms with Crippen molar-refractivity contribution in [2.24, 2.45) is 0 Å². The van der Waals surface area contributed by atoms with Crippen molar-refractivity contribution >= 4 is 27.6 Å². The molecule has 0 fully saturated rings. The minimum atomic E-state index is -3.90. The predicted octanol–water partition coefficient (Wildman–Crippen LogP) is 1.89. The van der Waals surface area contributed by atoms with Gasteiger partial charge in [-0.25, -0.2) is 13.2 Å².